The number of methoxy groups -OCH3 is 1. The Morgan fingerprint density at radius 1 is 1.10 bits per heavy atom. The fourth-order valence-electron chi connectivity index (χ4n) is 3.75. The summed E-state index contributed by atoms with van der Waals surface area (Å²) in [7, 11) is 1.64. The maximum Gasteiger partial charge on any atom is 0.231 e. The Bertz CT molecular complexity index is 916. The van der Waals surface area contributed by atoms with Crippen molar-refractivity contribution in [3.05, 3.63) is 71.5 Å². The van der Waals surface area contributed by atoms with E-state index in [4.69, 9.17) is 14.0 Å². The Labute approximate surface area is 177 Å². The molecule has 0 N–H and O–H groups in total. The molecule has 1 atom stereocenters. The van der Waals surface area contributed by atoms with Gasteiger partial charge in [-0.1, -0.05) is 41.6 Å². The van der Waals surface area contributed by atoms with Crippen molar-refractivity contribution in [2.75, 3.05) is 26.8 Å². The second-order valence-corrected chi connectivity index (χ2v) is 7.58. The monoisotopic (exact) mass is 408 g/mol. The van der Waals surface area contributed by atoms with Crippen molar-refractivity contribution in [1.29, 1.82) is 0 Å². The van der Waals surface area contributed by atoms with Crippen LogP contribution in [0.4, 0.5) is 0 Å². The number of pyridine rings is 1. The predicted octanol–water partition coefficient (Wildman–Crippen LogP) is 3.61. The van der Waals surface area contributed by atoms with Gasteiger partial charge in [-0.15, -0.1) is 0 Å². The van der Waals surface area contributed by atoms with Crippen LogP contribution in [0.1, 0.15) is 41.7 Å². The largest absolute Gasteiger partial charge is 0.481 e. The minimum Gasteiger partial charge on any atom is -0.481 e. The number of hydrogen-bond donors (Lipinski definition) is 0. The molecule has 3 heterocycles. The molecular formula is C23H28N4O3. The van der Waals surface area contributed by atoms with Crippen molar-refractivity contribution >= 4 is 0 Å². The number of benzene rings is 1. The van der Waals surface area contributed by atoms with Crippen LogP contribution in [0.3, 0.4) is 0 Å². The van der Waals surface area contributed by atoms with E-state index in [-0.39, 0.29) is 5.92 Å². The topological polar surface area (TPSA) is 73.5 Å². The molecule has 1 unspecified atom stereocenters. The van der Waals surface area contributed by atoms with Crippen LogP contribution < -0.4 is 4.74 Å². The highest BCUT2D eigenvalue weighted by Crippen LogP contribution is 2.26. The van der Waals surface area contributed by atoms with Gasteiger partial charge in [-0.25, -0.2) is 4.98 Å². The molecule has 7 nitrogen and oxygen atoms in total. The van der Waals surface area contributed by atoms with E-state index in [2.05, 4.69) is 32.2 Å². The molecule has 0 bridgehead atoms. The number of aromatic nitrogens is 3. The van der Waals surface area contributed by atoms with Crippen LogP contribution in [0.15, 0.2) is 53.1 Å². The lowest BCUT2D eigenvalue weighted by Crippen LogP contribution is -2.34. The minimum absolute atomic E-state index is 0.260. The molecule has 0 saturated carbocycles. The van der Waals surface area contributed by atoms with Gasteiger partial charge in [-0.05, 0) is 31.0 Å². The number of likely N-dealkylation sites (tertiary alicyclic amines) is 1. The zero-order valence-corrected chi connectivity index (χ0v) is 17.4. The van der Waals surface area contributed by atoms with E-state index < -0.39 is 0 Å². The molecule has 1 aromatic carbocycles. The van der Waals surface area contributed by atoms with Gasteiger partial charge < -0.3 is 14.0 Å². The highest BCUT2D eigenvalue weighted by atomic mass is 16.5. The zero-order valence-electron chi connectivity index (χ0n) is 17.4. The average Bonchev–Trinajstić information content (AvgIpc) is 3.27. The van der Waals surface area contributed by atoms with Crippen LogP contribution in [0, 0.1) is 0 Å². The normalized spacial score (nSPS) is 17.2. The number of ether oxygens (including phenoxy) is 2. The summed E-state index contributed by atoms with van der Waals surface area (Å²) >= 11 is 0. The van der Waals surface area contributed by atoms with E-state index in [1.807, 2.05) is 36.4 Å². The van der Waals surface area contributed by atoms with Crippen molar-refractivity contribution < 1.29 is 14.0 Å². The first-order chi connectivity index (χ1) is 14.8. The Morgan fingerprint density at radius 3 is 2.87 bits per heavy atom. The fourth-order valence-corrected chi connectivity index (χ4v) is 3.75. The molecule has 0 radical (unpaired) electrons. The van der Waals surface area contributed by atoms with Crippen LogP contribution in [0.2, 0.25) is 0 Å². The zero-order chi connectivity index (χ0) is 20.6. The summed E-state index contributed by atoms with van der Waals surface area (Å²) in [6.45, 7) is 3.91. The summed E-state index contributed by atoms with van der Waals surface area (Å²) in [5, 5.41) is 4.15. The maximum absolute atomic E-state index is 5.73. The molecule has 0 spiro atoms. The minimum atomic E-state index is 0.260. The van der Waals surface area contributed by atoms with E-state index in [9.17, 15) is 0 Å². The molecule has 3 aromatic rings. The molecule has 4 rings (SSSR count). The predicted molar refractivity (Wildman–Crippen MR) is 112 cm³/mol. The maximum atomic E-state index is 5.73. The second kappa shape index (κ2) is 10.3. The molecule has 1 fully saturated rings. The molecule has 7 heteroatoms. The number of piperidine rings is 1. The highest BCUT2D eigenvalue weighted by Gasteiger charge is 2.26. The van der Waals surface area contributed by atoms with Crippen LogP contribution in [0.25, 0.3) is 0 Å². The standard InChI is InChI=1S/C23H28N4O3/c1-28-22-11-5-10-20(24-22)16-27-13-6-9-19(15-27)23-25-21(26-30-23)12-14-29-17-18-7-3-2-4-8-18/h2-5,7-8,10-11,19H,6,9,12-17H2,1H3. The molecule has 1 saturated heterocycles. The fraction of sp³-hybridized carbons (Fsp3) is 0.435. The molecule has 1 aliphatic heterocycles. The molecule has 158 valence electrons. The second-order valence-electron chi connectivity index (χ2n) is 7.58. The van der Waals surface area contributed by atoms with Crippen LogP contribution in [-0.2, 0) is 24.3 Å². The summed E-state index contributed by atoms with van der Waals surface area (Å²) in [4.78, 5) is 11.5. The number of nitrogens with zero attached hydrogens (tertiary/aromatic N) is 4. The van der Waals surface area contributed by atoms with Crippen molar-refractivity contribution in [1.82, 2.24) is 20.0 Å². The van der Waals surface area contributed by atoms with Crippen molar-refractivity contribution in [3.8, 4) is 5.88 Å². The molecule has 30 heavy (non-hydrogen) atoms. The van der Waals surface area contributed by atoms with Crippen LogP contribution >= 0.6 is 0 Å². The smallest absolute Gasteiger partial charge is 0.231 e. The molecule has 2 aromatic heterocycles. The Kier molecular flexibility index (Phi) is 7.05. The molecular weight excluding hydrogens is 380 g/mol. The van der Waals surface area contributed by atoms with Gasteiger partial charge in [0.2, 0.25) is 11.8 Å². The molecule has 1 aliphatic rings. The van der Waals surface area contributed by atoms with Gasteiger partial charge in [0.05, 0.1) is 31.9 Å². The van der Waals surface area contributed by atoms with Crippen molar-refractivity contribution in [2.24, 2.45) is 0 Å². The van der Waals surface area contributed by atoms with Gasteiger partial charge in [-0.2, -0.15) is 4.98 Å². The summed E-state index contributed by atoms with van der Waals surface area (Å²) in [6, 6.07) is 16.0. The van der Waals surface area contributed by atoms with E-state index in [1.54, 1.807) is 7.11 Å². The summed E-state index contributed by atoms with van der Waals surface area (Å²) in [6.07, 6.45) is 2.82. The Balaban J connectivity index is 1.26. The van der Waals surface area contributed by atoms with Crippen LogP contribution in [0.5, 0.6) is 5.88 Å². The Hall–Kier alpha value is -2.77. The average molecular weight is 409 g/mol. The van der Waals surface area contributed by atoms with Gasteiger partial charge in [-0.3, -0.25) is 4.90 Å². The van der Waals surface area contributed by atoms with Gasteiger partial charge in [0.15, 0.2) is 5.82 Å². The van der Waals surface area contributed by atoms with E-state index in [0.717, 1.165) is 44.1 Å². The van der Waals surface area contributed by atoms with Crippen molar-refractivity contribution in [2.45, 2.75) is 38.3 Å². The van der Waals surface area contributed by atoms with Crippen LogP contribution in [-0.4, -0.2) is 46.8 Å². The van der Waals surface area contributed by atoms with E-state index in [1.165, 1.54) is 5.56 Å². The first-order valence-corrected chi connectivity index (χ1v) is 10.5. The third kappa shape index (κ3) is 5.64. The van der Waals surface area contributed by atoms with Gasteiger partial charge in [0.1, 0.15) is 0 Å². The molecule has 0 amide bonds. The summed E-state index contributed by atoms with van der Waals surface area (Å²) in [5.41, 5.74) is 2.18. The molecule has 0 aliphatic carbocycles. The Morgan fingerprint density at radius 2 is 2.00 bits per heavy atom. The lowest BCUT2D eigenvalue weighted by atomic mass is 9.98. The summed E-state index contributed by atoms with van der Waals surface area (Å²) < 4.78 is 16.5. The first-order valence-electron chi connectivity index (χ1n) is 10.5. The number of rotatable bonds is 9. The first kappa shape index (κ1) is 20.5. The van der Waals surface area contributed by atoms with Gasteiger partial charge in [0, 0.05) is 25.6 Å². The SMILES string of the molecule is COc1cccc(CN2CCCC(c3nc(CCOCc4ccccc4)no3)C2)n1. The van der Waals surface area contributed by atoms with Gasteiger partial charge >= 0.3 is 0 Å². The van der Waals surface area contributed by atoms with E-state index in [0.29, 0.717) is 31.3 Å². The third-order valence-corrected chi connectivity index (χ3v) is 5.30. The highest BCUT2D eigenvalue weighted by molar-refractivity contribution is 5.16. The quantitative estimate of drug-likeness (QED) is 0.501. The van der Waals surface area contributed by atoms with E-state index >= 15 is 0 Å². The van der Waals surface area contributed by atoms with Crippen molar-refractivity contribution in [3.63, 3.8) is 0 Å². The van der Waals surface area contributed by atoms with Gasteiger partial charge in [0.25, 0.3) is 0 Å². The third-order valence-electron chi connectivity index (χ3n) is 5.30. The lowest BCUT2D eigenvalue weighted by Gasteiger charge is -2.30. The summed E-state index contributed by atoms with van der Waals surface area (Å²) in [5.74, 6) is 2.36. The number of hydrogen-bond acceptors (Lipinski definition) is 7. The lowest BCUT2D eigenvalue weighted by molar-refractivity contribution is 0.122.